The molecule has 2 N–H and O–H groups in total. The highest BCUT2D eigenvalue weighted by Crippen LogP contribution is 2.34. The molecule has 1 atom stereocenters. The summed E-state index contributed by atoms with van der Waals surface area (Å²) in [6.45, 7) is 3.73. The van der Waals surface area contributed by atoms with Gasteiger partial charge in [-0.1, -0.05) is 28.1 Å². The van der Waals surface area contributed by atoms with E-state index in [1.807, 2.05) is 19.9 Å². The van der Waals surface area contributed by atoms with Crippen LogP contribution in [-0.4, -0.2) is 4.92 Å². The summed E-state index contributed by atoms with van der Waals surface area (Å²) >= 11 is 3.43. The third-order valence-electron chi connectivity index (χ3n) is 3.00. The molecule has 0 heterocycles. The van der Waals surface area contributed by atoms with Gasteiger partial charge in [-0.2, -0.15) is 0 Å². The van der Waals surface area contributed by atoms with Gasteiger partial charge in [-0.05, 0) is 43.2 Å². The molecule has 0 saturated heterocycles. The maximum atomic E-state index is 11.0. The molecule has 0 amide bonds. The van der Waals surface area contributed by atoms with E-state index < -0.39 is 4.92 Å². The van der Waals surface area contributed by atoms with Gasteiger partial charge in [0.15, 0.2) is 0 Å². The molecule has 21 heavy (non-hydrogen) atoms. The maximum Gasteiger partial charge on any atom is 0.311 e. The molecule has 0 aromatic heterocycles. The molecule has 0 aliphatic heterocycles. The first-order chi connectivity index (χ1) is 9.88. The standard InChI is InChI=1S/C15H15BrN2O3/c1-9-3-6-14(18(19)20)15(7-9)21-11-4-5-12(10(2)17)13(16)8-11/h3-8,10H,17H2,1-2H3/t10-/m0/s1. The third kappa shape index (κ3) is 3.59. The molecule has 0 unspecified atom stereocenters. The van der Waals surface area contributed by atoms with Crippen molar-refractivity contribution in [3.05, 3.63) is 62.1 Å². The van der Waals surface area contributed by atoms with Crippen LogP contribution in [-0.2, 0) is 0 Å². The first-order valence-electron chi connectivity index (χ1n) is 6.36. The van der Waals surface area contributed by atoms with Crippen molar-refractivity contribution in [2.75, 3.05) is 0 Å². The van der Waals surface area contributed by atoms with Crippen molar-refractivity contribution in [1.82, 2.24) is 0 Å². The van der Waals surface area contributed by atoms with Gasteiger partial charge in [-0.15, -0.1) is 0 Å². The molecule has 5 nitrogen and oxygen atoms in total. The van der Waals surface area contributed by atoms with E-state index in [0.717, 1.165) is 15.6 Å². The lowest BCUT2D eigenvalue weighted by atomic mass is 10.1. The van der Waals surface area contributed by atoms with Crippen LogP contribution < -0.4 is 10.5 Å². The molecular weight excluding hydrogens is 336 g/mol. The maximum absolute atomic E-state index is 11.0. The normalized spacial score (nSPS) is 12.0. The Labute approximate surface area is 131 Å². The predicted molar refractivity (Wildman–Crippen MR) is 84.7 cm³/mol. The van der Waals surface area contributed by atoms with Crippen LogP contribution in [0.1, 0.15) is 24.1 Å². The van der Waals surface area contributed by atoms with Crippen LogP contribution in [0.3, 0.4) is 0 Å². The van der Waals surface area contributed by atoms with Gasteiger partial charge in [0.1, 0.15) is 5.75 Å². The van der Waals surface area contributed by atoms with Crippen molar-refractivity contribution in [3.63, 3.8) is 0 Å². The Hall–Kier alpha value is -1.92. The van der Waals surface area contributed by atoms with E-state index in [2.05, 4.69) is 15.9 Å². The summed E-state index contributed by atoms with van der Waals surface area (Å²) in [5, 5.41) is 11.0. The van der Waals surface area contributed by atoms with Crippen molar-refractivity contribution in [2.45, 2.75) is 19.9 Å². The minimum Gasteiger partial charge on any atom is -0.450 e. The van der Waals surface area contributed by atoms with Gasteiger partial charge >= 0.3 is 5.69 Å². The Morgan fingerprint density at radius 1 is 1.29 bits per heavy atom. The largest absolute Gasteiger partial charge is 0.450 e. The number of aryl methyl sites for hydroxylation is 1. The van der Waals surface area contributed by atoms with Gasteiger partial charge in [-0.3, -0.25) is 10.1 Å². The summed E-state index contributed by atoms with van der Waals surface area (Å²) in [6, 6.07) is 10.00. The van der Waals surface area contributed by atoms with Crippen molar-refractivity contribution >= 4 is 21.6 Å². The molecule has 0 spiro atoms. The number of rotatable bonds is 4. The molecule has 0 bridgehead atoms. The lowest BCUT2D eigenvalue weighted by molar-refractivity contribution is -0.385. The van der Waals surface area contributed by atoms with E-state index in [9.17, 15) is 10.1 Å². The van der Waals surface area contributed by atoms with Crippen LogP contribution in [0.15, 0.2) is 40.9 Å². The van der Waals surface area contributed by atoms with E-state index in [1.165, 1.54) is 6.07 Å². The molecule has 6 heteroatoms. The quantitative estimate of drug-likeness (QED) is 0.651. The number of nitro benzene ring substituents is 1. The molecular formula is C15H15BrN2O3. The van der Waals surface area contributed by atoms with Gasteiger partial charge in [0, 0.05) is 16.6 Å². The third-order valence-corrected chi connectivity index (χ3v) is 3.69. The fourth-order valence-corrected chi connectivity index (χ4v) is 2.64. The predicted octanol–water partition coefficient (Wildman–Crippen LogP) is 4.48. The number of benzene rings is 2. The van der Waals surface area contributed by atoms with Gasteiger partial charge in [0.05, 0.1) is 4.92 Å². The van der Waals surface area contributed by atoms with Crippen LogP contribution in [0.25, 0.3) is 0 Å². The second-order valence-electron chi connectivity index (χ2n) is 4.80. The number of hydrogen-bond donors (Lipinski definition) is 1. The molecule has 110 valence electrons. The van der Waals surface area contributed by atoms with Crippen LogP contribution in [0.4, 0.5) is 5.69 Å². The minimum atomic E-state index is -0.458. The van der Waals surface area contributed by atoms with E-state index in [0.29, 0.717) is 5.75 Å². The Morgan fingerprint density at radius 2 is 2.00 bits per heavy atom. The highest BCUT2D eigenvalue weighted by atomic mass is 79.9. The molecule has 0 radical (unpaired) electrons. The zero-order chi connectivity index (χ0) is 15.6. The van der Waals surface area contributed by atoms with Gasteiger partial charge in [0.25, 0.3) is 0 Å². The first-order valence-corrected chi connectivity index (χ1v) is 7.15. The fraction of sp³-hybridized carbons (Fsp3) is 0.200. The molecule has 0 saturated carbocycles. The smallest absolute Gasteiger partial charge is 0.311 e. The zero-order valence-corrected chi connectivity index (χ0v) is 13.3. The Kier molecular flexibility index (Phi) is 4.59. The average Bonchev–Trinajstić information content (AvgIpc) is 2.37. The average molecular weight is 351 g/mol. The van der Waals surface area contributed by atoms with Crippen molar-refractivity contribution in [3.8, 4) is 11.5 Å². The Bertz CT molecular complexity index is 687. The van der Waals surface area contributed by atoms with Gasteiger partial charge < -0.3 is 10.5 Å². The second kappa shape index (κ2) is 6.24. The van der Waals surface area contributed by atoms with E-state index in [1.54, 1.807) is 24.3 Å². The SMILES string of the molecule is Cc1ccc([N+](=O)[O-])c(Oc2ccc([C@H](C)N)c(Br)c2)c1. The van der Waals surface area contributed by atoms with Crippen molar-refractivity contribution < 1.29 is 9.66 Å². The molecule has 0 aliphatic carbocycles. The fourth-order valence-electron chi connectivity index (χ4n) is 1.92. The Balaban J connectivity index is 2.36. The first kappa shape index (κ1) is 15.5. The highest BCUT2D eigenvalue weighted by molar-refractivity contribution is 9.10. The summed E-state index contributed by atoms with van der Waals surface area (Å²) in [6.07, 6.45) is 0. The van der Waals surface area contributed by atoms with E-state index in [4.69, 9.17) is 10.5 Å². The summed E-state index contributed by atoms with van der Waals surface area (Å²) in [7, 11) is 0. The number of ether oxygens (including phenoxy) is 1. The lowest BCUT2D eigenvalue weighted by Crippen LogP contribution is -2.05. The summed E-state index contributed by atoms with van der Waals surface area (Å²) in [4.78, 5) is 10.6. The number of halogens is 1. The number of nitrogens with two attached hydrogens (primary N) is 1. The highest BCUT2D eigenvalue weighted by Gasteiger charge is 2.16. The monoisotopic (exact) mass is 350 g/mol. The van der Waals surface area contributed by atoms with Crippen LogP contribution in [0.2, 0.25) is 0 Å². The minimum absolute atomic E-state index is 0.0620. The van der Waals surface area contributed by atoms with Crippen LogP contribution in [0, 0.1) is 17.0 Å². The van der Waals surface area contributed by atoms with E-state index in [-0.39, 0.29) is 17.5 Å². The zero-order valence-electron chi connectivity index (χ0n) is 11.7. The summed E-state index contributed by atoms with van der Waals surface area (Å²) in [5.74, 6) is 0.737. The Morgan fingerprint density at radius 3 is 2.57 bits per heavy atom. The van der Waals surface area contributed by atoms with Crippen molar-refractivity contribution in [2.24, 2.45) is 5.73 Å². The summed E-state index contributed by atoms with van der Waals surface area (Å²) < 4.78 is 6.47. The van der Waals surface area contributed by atoms with Gasteiger partial charge in [0.2, 0.25) is 5.75 Å². The van der Waals surface area contributed by atoms with Gasteiger partial charge in [-0.25, -0.2) is 0 Å². The second-order valence-corrected chi connectivity index (χ2v) is 5.66. The molecule has 2 aromatic rings. The molecule has 0 fully saturated rings. The van der Waals surface area contributed by atoms with Crippen LogP contribution >= 0.6 is 15.9 Å². The van der Waals surface area contributed by atoms with Crippen LogP contribution in [0.5, 0.6) is 11.5 Å². The molecule has 0 aliphatic rings. The topological polar surface area (TPSA) is 78.4 Å². The summed E-state index contributed by atoms with van der Waals surface area (Å²) in [5.41, 5.74) is 7.61. The van der Waals surface area contributed by atoms with Crippen molar-refractivity contribution in [1.29, 1.82) is 0 Å². The number of nitro groups is 1. The van der Waals surface area contributed by atoms with E-state index >= 15 is 0 Å². The number of nitrogens with zero attached hydrogens (tertiary/aromatic N) is 1. The molecule has 2 aromatic carbocycles. The lowest BCUT2D eigenvalue weighted by Gasteiger charge is -2.11. The number of hydrogen-bond acceptors (Lipinski definition) is 4. The molecule has 2 rings (SSSR count).